The number of amides is 3. The maximum Gasteiger partial charge on any atom is 0.409 e. The lowest BCUT2D eigenvalue weighted by atomic mass is 10.2. The Hall–Kier alpha value is -1.80. The van der Waals surface area contributed by atoms with Gasteiger partial charge in [0.25, 0.3) is 0 Å². The molecule has 2 rings (SSSR count). The number of nitrogens with one attached hydrogen (secondary N) is 2. The van der Waals surface area contributed by atoms with Gasteiger partial charge in [-0.05, 0) is 33.8 Å². The van der Waals surface area contributed by atoms with Crippen molar-refractivity contribution >= 4 is 12.1 Å². The Morgan fingerprint density at radius 1 is 1.55 bits per heavy atom. The molecule has 1 fully saturated rings. The molecule has 0 bridgehead atoms. The molecule has 2 aliphatic rings. The average Bonchev–Trinajstić information content (AvgIpc) is 2.66. The third-order valence-corrected chi connectivity index (χ3v) is 3.29. The van der Waals surface area contributed by atoms with E-state index in [0.29, 0.717) is 6.42 Å². The van der Waals surface area contributed by atoms with Crippen molar-refractivity contribution in [3.05, 3.63) is 12.3 Å². The van der Waals surface area contributed by atoms with Crippen LogP contribution in [0.15, 0.2) is 12.3 Å². The molecule has 2 aliphatic heterocycles. The van der Waals surface area contributed by atoms with E-state index in [-0.39, 0.29) is 6.10 Å². The number of carbonyl (C=O) groups is 2. The summed E-state index contributed by atoms with van der Waals surface area (Å²) >= 11 is 0. The van der Waals surface area contributed by atoms with Crippen LogP contribution in [-0.2, 0) is 9.47 Å². The highest BCUT2D eigenvalue weighted by Gasteiger charge is 2.37. The first-order valence-electron chi connectivity index (χ1n) is 7.26. The molecule has 0 saturated carbocycles. The number of hydrogen-bond donors (Lipinski definition) is 3. The third-order valence-electron chi connectivity index (χ3n) is 3.29. The van der Waals surface area contributed by atoms with Gasteiger partial charge >= 0.3 is 12.1 Å². The second-order valence-electron chi connectivity index (χ2n) is 6.42. The molecule has 0 aromatic rings. The summed E-state index contributed by atoms with van der Waals surface area (Å²) in [5.41, 5.74) is -0.609. The van der Waals surface area contributed by atoms with Gasteiger partial charge in [0.1, 0.15) is 18.0 Å². The Labute approximate surface area is 129 Å². The van der Waals surface area contributed by atoms with E-state index in [1.54, 1.807) is 33.8 Å². The Balaban J connectivity index is 1.91. The lowest BCUT2D eigenvalue weighted by Crippen LogP contribution is -2.55. The van der Waals surface area contributed by atoms with Crippen molar-refractivity contribution in [2.75, 3.05) is 0 Å². The molecule has 4 atom stereocenters. The first kappa shape index (κ1) is 16.6. The number of nitrogens with zero attached hydrogens (tertiary/aromatic N) is 1. The van der Waals surface area contributed by atoms with Crippen molar-refractivity contribution in [1.29, 1.82) is 0 Å². The maximum atomic E-state index is 12.1. The van der Waals surface area contributed by atoms with Crippen LogP contribution in [0.2, 0.25) is 0 Å². The Morgan fingerprint density at radius 3 is 2.73 bits per heavy atom. The number of urea groups is 1. The topological polar surface area (TPSA) is 100 Å². The molecule has 8 heteroatoms. The predicted octanol–water partition coefficient (Wildman–Crippen LogP) is 0.872. The van der Waals surface area contributed by atoms with Crippen LogP contribution in [0, 0.1) is 0 Å². The summed E-state index contributed by atoms with van der Waals surface area (Å²) < 4.78 is 10.6. The normalized spacial score (nSPS) is 31.9. The minimum atomic E-state index is -0.651. The molecule has 0 aromatic heterocycles. The summed E-state index contributed by atoms with van der Waals surface area (Å²) in [6.07, 6.45) is 0.819. The van der Waals surface area contributed by atoms with Crippen LogP contribution >= 0.6 is 0 Å². The van der Waals surface area contributed by atoms with E-state index in [9.17, 15) is 14.7 Å². The smallest absolute Gasteiger partial charge is 0.409 e. The molecule has 0 spiro atoms. The van der Waals surface area contributed by atoms with Gasteiger partial charge in [-0.2, -0.15) is 0 Å². The van der Waals surface area contributed by atoms with Gasteiger partial charge in [0.2, 0.25) is 0 Å². The Kier molecular flexibility index (Phi) is 4.62. The molecule has 3 amide bonds. The molecular weight excluding hydrogens is 290 g/mol. The number of ether oxygens (including phenoxy) is 2. The van der Waals surface area contributed by atoms with Crippen LogP contribution in [0.1, 0.15) is 34.1 Å². The van der Waals surface area contributed by atoms with Gasteiger partial charge in [0, 0.05) is 12.6 Å². The molecule has 3 N–H and O–H groups in total. The largest absolute Gasteiger partial charge is 0.444 e. The van der Waals surface area contributed by atoms with Crippen LogP contribution in [0.4, 0.5) is 9.59 Å². The van der Waals surface area contributed by atoms with E-state index < -0.39 is 36.2 Å². The molecule has 1 saturated heterocycles. The molecule has 124 valence electrons. The van der Waals surface area contributed by atoms with Crippen molar-refractivity contribution in [3.63, 3.8) is 0 Å². The molecular formula is C14H23N3O5. The zero-order valence-electron chi connectivity index (χ0n) is 13.2. The van der Waals surface area contributed by atoms with E-state index in [2.05, 4.69) is 10.6 Å². The highest BCUT2D eigenvalue weighted by molar-refractivity contribution is 5.78. The van der Waals surface area contributed by atoms with Crippen LogP contribution in [-0.4, -0.2) is 52.3 Å². The third kappa shape index (κ3) is 4.11. The molecule has 0 aliphatic carbocycles. The first-order valence-corrected chi connectivity index (χ1v) is 7.26. The van der Waals surface area contributed by atoms with Crippen molar-refractivity contribution in [2.45, 2.75) is 64.3 Å². The van der Waals surface area contributed by atoms with E-state index in [4.69, 9.17) is 9.47 Å². The summed E-state index contributed by atoms with van der Waals surface area (Å²) in [6, 6.07) is -0.408. The lowest BCUT2D eigenvalue weighted by Gasteiger charge is -2.31. The Bertz CT molecular complexity index is 464. The Morgan fingerprint density at radius 2 is 2.23 bits per heavy atom. The highest BCUT2D eigenvalue weighted by atomic mass is 16.6. The van der Waals surface area contributed by atoms with Crippen molar-refractivity contribution in [2.24, 2.45) is 0 Å². The van der Waals surface area contributed by atoms with E-state index in [1.807, 2.05) is 0 Å². The highest BCUT2D eigenvalue weighted by Crippen LogP contribution is 2.24. The van der Waals surface area contributed by atoms with E-state index >= 15 is 0 Å². The van der Waals surface area contributed by atoms with Gasteiger partial charge in [-0.3, -0.25) is 10.2 Å². The second-order valence-corrected chi connectivity index (χ2v) is 6.42. The zero-order valence-corrected chi connectivity index (χ0v) is 13.2. The fourth-order valence-electron chi connectivity index (χ4n) is 2.22. The SMILES string of the molecule is CC1OC(N2C=CC(NC(=O)OC(C)(C)C)NC2=O)CC1O. The first-order chi connectivity index (χ1) is 10.2. The average molecular weight is 313 g/mol. The number of aliphatic hydroxyl groups is 1. The number of alkyl carbamates (subject to hydrolysis) is 1. The van der Waals surface area contributed by atoms with Gasteiger partial charge in [0.15, 0.2) is 0 Å². The summed E-state index contributed by atoms with van der Waals surface area (Å²) in [4.78, 5) is 25.1. The fraction of sp³-hybridized carbons (Fsp3) is 0.714. The van der Waals surface area contributed by atoms with Crippen LogP contribution in [0.3, 0.4) is 0 Å². The minimum Gasteiger partial charge on any atom is -0.444 e. The van der Waals surface area contributed by atoms with Gasteiger partial charge in [-0.15, -0.1) is 0 Å². The monoisotopic (exact) mass is 313 g/mol. The van der Waals surface area contributed by atoms with Crippen molar-refractivity contribution in [3.8, 4) is 0 Å². The number of rotatable bonds is 2. The van der Waals surface area contributed by atoms with Crippen molar-refractivity contribution in [1.82, 2.24) is 15.5 Å². The van der Waals surface area contributed by atoms with Gasteiger partial charge in [0.05, 0.1) is 12.2 Å². The zero-order chi connectivity index (χ0) is 16.5. The van der Waals surface area contributed by atoms with Crippen LogP contribution < -0.4 is 10.6 Å². The van der Waals surface area contributed by atoms with Crippen molar-refractivity contribution < 1.29 is 24.2 Å². The van der Waals surface area contributed by atoms with Gasteiger partial charge in [-0.25, -0.2) is 9.59 Å². The summed E-state index contributed by atoms with van der Waals surface area (Å²) in [5.74, 6) is 0. The maximum absolute atomic E-state index is 12.1. The second kappa shape index (κ2) is 6.13. The van der Waals surface area contributed by atoms with Gasteiger partial charge in [-0.1, -0.05) is 0 Å². The van der Waals surface area contributed by atoms with Gasteiger partial charge < -0.3 is 19.9 Å². The molecule has 8 nitrogen and oxygen atoms in total. The summed E-state index contributed by atoms with van der Waals surface area (Å²) in [5, 5.41) is 14.8. The number of hydrogen-bond acceptors (Lipinski definition) is 5. The molecule has 0 radical (unpaired) electrons. The van der Waals surface area contributed by atoms with E-state index in [1.165, 1.54) is 11.1 Å². The lowest BCUT2D eigenvalue weighted by molar-refractivity contribution is -0.0238. The van der Waals surface area contributed by atoms with Crippen LogP contribution in [0.5, 0.6) is 0 Å². The number of carbonyl (C=O) groups excluding carboxylic acids is 2. The number of aliphatic hydroxyl groups excluding tert-OH is 1. The fourth-order valence-corrected chi connectivity index (χ4v) is 2.22. The summed E-state index contributed by atoms with van der Waals surface area (Å²) in [7, 11) is 0. The predicted molar refractivity (Wildman–Crippen MR) is 77.6 cm³/mol. The quantitative estimate of drug-likeness (QED) is 0.702. The standard InChI is InChI=1S/C14H23N3O5/c1-8-9(18)7-11(21-8)17-6-5-10(15-12(17)19)16-13(20)22-14(2,3)4/h5-6,8-11,18H,7H2,1-4H3,(H,15,19)(H,16,20). The molecule has 2 heterocycles. The van der Waals surface area contributed by atoms with E-state index in [0.717, 1.165) is 0 Å². The molecule has 4 unspecified atom stereocenters. The summed E-state index contributed by atoms with van der Waals surface area (Å²) in [6.45, 7) is 7.03. The molecule has 22 heavy (non-hydrogen) atoms. The minimum absolute atomic E-state index is 0.316. The molecule has 0 aromatic carbocycles. The van der Waals surface area contributed by atoms with Crippen LogP contribution in [0.25, 0.3) is 0 Å².